The second-order valence-electron chi connectivity index (χ2n) is 7.01. The maximum Gasteiger partial charge on any atom is 0.252 e. The molecule has 0 spiro atoms. The normalized spacial score (nSPS) is 24.5. The molecule has 146 valence electrons. The molecule has 1 amide bonds. The molecule has 0 aromatic heterocycles. The topological polar surface area (TPSA) is 66.8 Å². The van der Waals surface area contributed by atoms with Crippen LogP contribution < -0.4 is 0 Å². The minimum Gasteiger partial charge on any atom is -0.342 e. The van der Waals surface area contributed by atoms with Gasteiger partial charge in [-0.2, -0.15) is 4.99 Å². The summed E-state index contributed by atoms with van der Waals surface area (Å²) in [5.74, 6) is -0.478. The number of hydrogen-bond donors (Lipinski definition) is 0. The van der Waals surface area contributed by atoms with Crippen molar-refractivity contribution in [3.63, 3.8) is 0 Å². The van der Waals surface area contributed by atoms with Gasteiger partial charge in [-0.15, -0.1) is 0 Å². The number of halogens is 1. The zero-order valence-electron chi connectivity index (χ0n) is 15.0. The van der Waals surface area contributed by atoms with Crippen LogP contribution in [-0.4, -0.2) is 47.2 Å². The molecule has 2 unspecified atom stereocenters. The maximum absolute atomic E-state index is 13.0. The van der Waals surface area contributed by atoms with Crippen LogP contribution in [-0.2, 0) is 27.6 Å². The van der Waals surface area contributed by atoms with E-state index in [-0.39, 0.29) is 40.9 Å². The zero-order chi connectivity index (χ0) is 19.7. The van der Waals surface area contributed by atoms with Gasteiger partial charge in [-0.05, 0) is 23.3 Å². The Kier molecular flexibility index (Phi) is 5.25. The monoisotopic (exact) mass is 418 g/mol. The van der Waals surface area contributed by atoms with Crippen LogP contribution in [0.1, 0.15) is 11.1 Å². The van der Waals surface area contributed by atoms with Crippen molar-refractivity contribution in [1.82, 2.24) is 4.90 Å². The fraction of sp³-hybridized carbons (Fsp3) is 0.300. The number of rotatable bonds is 4. The lowest BCUT2D eigenvalue weighted by atomic mass is 10.1. The van der Waals surface area contributed by atoms with E-state index in [0.29, 0.717) is 17.3 Å². The van der Waals surface area contributed by atoms with Gasteiger partial charge in [0.25, 0.3) is 5.91 Å². The van der Waals surface area contributed by atoms with Gasteiger partial charge >= 0.3 is 0 Å². The third kappa shape index (κ3) is 4.28. The number of carbonyl (C=O) groups excluding carboxylic acids is 1. The maximum atomic E-state index is 13.0. The number of amides is 1. The number of carbonyl (C=O) groups is 1. The highest BCUT2D eigenvalue weighted by Gasteiger charge is 2.48. The van der Waals surface area contributed by atoms with Gasteiger partial charge in [0.2, 0.25) is 0 Å². The first-order valence-corrected chi connectivity index (χ1v) is 11.6. The molecule has 0 saturated carbocycles. The zero-order valence-corrected chi connectivity index (χ0v) is 16.6. The van der Waals surface area contributed by atoms with Crippen molar-refractivity contribution in [1.29, 1.82) is 0 Å². The smallest absolute Gasteiger partial charge is 0.252 e. The summed E-state index contributed by atoms with van der Waals surface area (Å²) in [5.41, 5.74) is 1.72. The number of nitrogens with zero attached hydrogens (tertiary/aromatic N) is 2. The Balaban J connectivity index is 1.56. The lowest BCUT2D eigenvalue weighted by molar-refractivity contribution is -0.117. The highest BCUT2D eigenvalue weighted by atomic mass is 32.2. The summed E-state index contributed by atoms with van der Waals surface area (Å²) < 4.78 is 37.2. The summed E-state index contributed by atoms with van der Waals surface area (Å²) in [4.78, 5) is 18.7. The molecule has 2 atom stereocenters. The van der Waals surface area contributed by atoms with Crippen LogP contribution in [0.3, 0.4) is 0 Å². The number of fused-ring (bicyclic) bond motifs is 1. The van der Waals surface area contributed by atoms with E-state index in [1.165, 1.54) is 23.9 Å². The number of benzene rings is 2. The van der Waals surface area contributed by atoms with Crippen LogP contribution in [0.25, 0.3) is 0 Å². The van der Waals surface area contributed by atoms with E-state index < -0.39 is 9.84 Å². The molecule has 0 radical (unpaired) electrons. The number of amidine groups is 1. The molecule has 28 heavy (non-hydrogen) atoms. The van der Waals surface area contributed by atoms with Crippen molar-refractivity contribution in [2.45, 2.75) is 24.3 Å². The third-order valence-corrected chi connectivity index (χ3v) is 8.11. The highest BCUT2D eigenvalue weighted by molar-refractivity contribution is 8.15. The molecule has 4 rings (SSSR count). The average molecular weight is 419 g/mol. The molecular formula is C20H19FN2O3S2. The first-order chi connectivity index (χ1) is 13.4. The van der Waals surface area contributed by atoms with Crippen LogP contribution in [0.5, 0.6) is 0 Å². The summed E-state index contributed by atoms with van der Waals surface area (Å²) in [6, 6.07) is 15.3. The van der Waals surface area contributed by atoms with Crippen molar-refractivity contribution >= 4 is 32.7 Å². The Morgan fingerprint density at radius 1 is 1.07 bits per heavy atom. The molecule has 2 aliphatic heterocycles. The molecule has 2 saturated heterocycles. The van der Waals surface area contributed by atoms with E-state index in [4.69, 9.17) is 0 Å². The second kappa shape index (κ2) is 7.67. The van der Waals surface area contributed by atoms with Gasteiger partial charge in [0.1, 0.15) is 5.82 Å². The summed E-state index contributed by atoms with van der Waals surface area (Å²) in [6.07, 6.45) is 0.0805. The van der Waals surface area contributed by atoms with Crippen molar-refractivity contribution in [3.05, 3.63) is 71.5 Å². The summed E-state index contributed by atoms with van der Waals surface area (Å²) >= 11 is 1.37. The summed E-state index contributed by atoms with van der Waals surface area (Å²) in [6.45, 7) is 0.507. The Bertz CT molecular complexity index is 1010. The van der Waals surface area contributed by atoms with Crippen LogP contribution >= 0.6 is 11.8 Å². The van der Waals surface area contributed by atoms with E-state index in [1.807, 2.05) is 35.2 Å². The van der Waals surface area contributed by atoms with Gasteiger partial charge in [0.05, 0.1) is 24.0 Å². The largest absolute Gasteiger partial charge is 0.342 e. The second-order valence-corrected chi connectivity index (χ2v) is 10.4. The number of sulfone groups is 1. The lowest BCUT2D eigenvalue weighted by Crippen LogP contribution is -2.37. The number of thioether (sulfide) groups is 1. The van der Waals surface area contributed by atoms with Gasteiger partial charge in [-0.25, -0.2) is 12.8 Å². The van der Waals surface area contributed by atoms with Crippen molar-refractivity contribution in [3.8, 4) is 0 Å². The lowest BCUT2D eigenvalue weighted by Gasteiger charge is -2.24. The molecule has 8 heteroatoms. The Morgan fingerprint density at radius 2 is 1.79 bits per heavy atom. The molecule has 0 N–H and O–H groups in total. The molecule has 0 aliphatic carbocycles. The van der Waals surface area contributed by atoms with Crippen molar-refractivity contribution in [2.75, 3.05) is 11.5 Å². The van der Waals surface area contributed by atoms with Crippen LogP contribution in [0.2, 0.25) is 0 Å². The van der Waals surface area contributed by atoms with Gasteiger partial charge in [0, 0.05) is 11.8 Å². The Labute approximate surface area is 167 Å². The predicted molar refractivity (Wildman–Crippen MR) is 108 cm³/mol. The third-order valence-electron chi connectivity index (χ3n) is 4.86. The first kappa shape index (κ1) is 19.1. The molecule has 2 aromatic carbocycles. The fourth-order valence-electron chi connectivity index (χ4n) is 3.52. The van der Waals surface area contributed by atoms with Crippen LogP contribution in [0.4, 0.5) is 4.39 Å². The quantitative estimate of drug-likeness (QED) is 0.764. The molecule has 2 fully saturated rings. The number of hydrogen-bond acceptors (Lipinski definition) is 4. The van der Waals surface area contributed by atoms with E-state index in [9.17, 15) is 17.6 Å². The molecule has 5 nitrogen and oxygen atoms in total. The standard InChI is InChI=1S/C20H19FN2O3S2/c21-16-8-6-14(7-9-16)10-19(24)22-20-23(11-15-4-2-1-3-5-15)17-12-28(25,26)13-18(17)27-20/h1-9,17-18H,10-13H2. The average Bonchev–Trinajstić information content (AvgIpc) is 3.10. The molecule has 2 aromatic rings. The van der Waals surface area contributed by atoms with Crippen molar-refractivity contribution in [2.24, 2.45) is 4.99 Å². The molecule has 2 aliphatic rings. The molecule has 2 heterocycles. The van der Waals surface area contributed by atoms with Gasteiger partial charge in [-0.1, -0.05) is 54.2 Å². The van der Waals surface area contributed by atoms with E-state index in [2.05, 4.69) is 4.99 Å². The summed E-state index contributed by atoms with van der Waals surface area (Å²) in [5, 5.41) is 0.465. The highest BCUT2D eigenvalue weighted by Crippen LogP contribution is 2.39. The van der Waals surface area contributed by atoms with Gasteiger partial charge in [-0.3, -0.25) is 4.79 Å². The Morgan fingerprint density at radius 3 is 2.50 bits per heavy atom. The van der Waals surface area contributed by atoms with E-state index in [1.54, 1.807) is 12.1 Å². The van der Waals surface area contributed by atoms with Crippen LogP contribution in [0.15, 0.2) is 59.6 Å². The first-order valence-electron chi connectivity index (χ1n) is 8.93. The van der Waals surface area contributed by atoms with E-state index >= 15 is 0 Å². The molecule has 0 bridgehead atoms. The van der Waals surface area contributed by atoms with E-state index in [0.717, 1.165) is 5.56 Å². The predicted octanol–water partition coefficient (Wildman–Crippen LogP) is 2.67. The van der Waals surface area contributed by atoms with Gasteiger partial charge in [0.15, 0.2) is 15.0 Å². The minimum absolute atomic E-state index is 0.0805. The Hall–Kier alpha value is -2.19. The minimum atomic E-state index is -3.07. The van der Waals surface area contributed by atoms with Crippen molar-refractivity contribution < 1.29 is 17.6 Å². The van der Waals surface area contributed by atoms with Crippen LogP contribution in [0, 0.1) is 5.82 Å². The SMILES string of the molecule is O=C(Cc1ccc(F)cc1)N=C1SC2CS(=O)(=O)CC2N1Cc1ccccc1. The fourth-order valence-corrected chi connectivity index (χ4v) is 7.49. The van der Waals surface area contributed by atoms with Gasteiger partial charge < -0.3 is 4.90 Å². The number of aliphatic imine (C=N–C) groups is 1. The summed E-state index contributed by atoms with van der Waals surface area (Å²) in [7, 11) is -3.07. The molecular weight excluding hydrogens is 399 g/mol.